The number of nitriles is 3. The van der Waals surface area contributed by atoms with Crippen molar-refractivity contribution in [3.63, 3.8) is 0 Å². The van der Waals surface area contributed by atoms with Crippen molar-refractivity contribution in [3.05, 3.63) is 156 Å². The summed E-state index contributed by atoms with van der Waals surface area (Å²) in [6, 6.07) is 53.0. The van der Waals surface area contributed by atoms with E-state index in [1.807, 2.05) is 78.9 Å². The summed E-state index contributed by atoms with van der Waals surface area (Å²) in [5.74, 6) is 0. The van der Waals surface area contributed by atoms with Gasteiger partial charge in [0.2, 0.25) is 0 Å². The van der Waals surface area contributed by atoms with Crippen LogP contribution in [0.15, 0.2) is 144 Å². The second kappa shape index (κ2) is 10.7. The fourth-order valence-electron chi connectivity index (χ4n) is 7.92. The number of hydrogen-bond acceptors (Lipinski definition) is 4. The first-order valence-electron chi connectivity index (χ1n) is 16.5. The third-order valence-electron chi connectivity index (χ3n) is 10.00. The molecule has 10 aromatic rings. The van der Waals surface area contributed by atoms with Crippen molar-refractivity contribution in [2.75, 3.05) is 0 Å². The molecule has 0 unspecified atom stereocenters. The van der Waals surface area contributed by atoms with E-state index < -0.39 is 0 Å². The lowest BCUT2D eigenvalue weighted by molar-refractivity contribution is 0.669. The van der Waals surface area contributed by atoms with E-state index >= 15 is 0 Å². The van der Waals surface area contributed by atoms with Crippen molar-refractivity contribution >= 4 is 65.6 Å². The highest BCUT2D eigenvalue weighted by Crippen LogP contribution is 2.45. The molecule has 0 aliphatic heterocycles. The molecule has 0 aliphatic carbocycles. The van der Waals surface area contributed by atoms with Gasteiger partial charge in [-0.25, -0.2) is 0 Å². The summed E-state index contributed by atoms with van der Waals surface area (Å²) in [4.78, 5) is 0. The van der Waals surface area contributed by atoms with Gasteiger partial charge in [0.05, 0.1) is 67.7 Å². The maximum atomic E-state index is 10.7. The summed E-state index contributed by atoms with van der Waals surface area (Å²) in [6.45, 7) is 0. The van der Waals surface area contributed by atoms with Crippen molar-refractivity contribution in [2.24, 2.45) is 0 Å². The van der Waals surface area contributed by atoms with Crippen molar-refractivity contribution in [2.45, 2.75) is 0 Å². The van der Waals surface area contributed by atoms with Gasteiger partial charge in [0.1, 0.15) is 17.2 Å². The standard InChI is InChI=1S/C45H23N5O/c46-24-27-17-18-33(36-22-28(25-47)21-29(26-48)44(36)49-37-13-5-1-9-30(37)31-10-2-6-14-38(31)49)40(23-27)50-39-15-7-3-11-32(39)34-19-20-42-43(45(34)50)35-12-4-8-16-41(35)51-42/h1-23H. The van der Waals surface area contributed by atoms with E-state index in [0.717, 1.165) is 76.8 Å². The van der Waals surface area contributed by atoms with Crippen LogP contribution in [-0.4, -0.2) is 9.13 Å². The minimum absolute atomic E-state index is 0.367. The number of rotatable bonds is 3. The summed E-state index contributed by atoms with van der Waals surface area (Å²) in [5.41, 5.74) is 9.45. The second-order valence-electron chi connectivity index (χ2n) is 12.6. The summed E-state index contributed by atoms with van der Waals surface area (Å²) in [6.07, 6.45) is 0. The van der Waals surface area contributed by atoms with Crippen LogP contribution >= 0.6 is 0 Å². The zero-order chi connectivity index (χ0) is 34.2. The number of para-hydroxylation sites is 4. The van der Waals surface area contributed by atoms with Crippen molar-refractivity contribution < 1.29 is 4.42 Å². The van der Waals surface area contributed by atoms with Crippen LogP contribution in [0.2, 0.25) is 0 Å². The highest BCUT2D eigenvalue weighted by molar-refractivity contribution is 6.24. The first-order valence-corrected chi connectivity index (χ1v) is 16.5. The minimum Gasteiger partial charge on any atom is -0.456 e. The van der Waals surface area contributed by atoms with Gasteiger partial charge in [-0.3, -0.25) is 0 Å². The van der Waals surface area contributed by atoms with Gasteiger partial charge in [0, 0.05) is 38.1 Å². The Morgan fingerprint density at radius 1 is 0.451 bits per heavy atom. The lowest BCUT2D eigenvalue weighted by atomic mass is 9.94. The lowest BCUT2D eigenvalue weighted by Gasteiger charge is -2.20. The molecule has 3 aromatic heterocycles. The molecule has 6 nitrogen and oxygen atoms in total. The fourth-order valence-corrected chi connectivity index (χ4v) is 7.92. The molecule has 0 saturated carbocycles. The quantitative estimate of drug-likeness (QED) is 0.190. The van der Waals surface area contributed by atoms with Crippen molar-refractivity contribution in [1.29, 1.82) is 15.8 Å². The predicted octanol–water partition coefficient (Wildman–Crippen LogP) is 11.1. The topological polar surface area (TPSA) is 94.4 Å². The molecular formula is C45H23N5O. The minimum atomic E-state index is 0.367. The molecule has 6 heteroatoms. The van der Waals surface area contributed by atoms with E-state index in [4.69, 9.17) is 4.42 Å². The van der Waals surface area contributed by atoms with Crippen LogP contribution in [0, 0.1) is 34.0 Å². The molecule has 0 fully saturated rings. The largest absolute Gasteiger partial charge is 0.456 e. The molecule has 51 heavy (non-hydrogen) atoms. The summed E-state index contributed by atoms with van der Waals surface area (Å²) < 4.78 is 10.7. The van der Waals surface area contributed by atoms with Crippen molar-refractivity contribution in [1.82, 2.24) is 9.13 Å². The third kappa shape index (κ3) is 3.95. The number of fused-ring (bicyclic) bond motifs is 10. The van der Waals surface area contributed by atoms with Crippen LogP contribution in [0.1, 0.15) is 16.7 Å². The Morgan fingerprint density at radius 3 is 1.73 bits per heavy atom. The molecule has 3 heterocycles. The summed E-state index contributed by atoms with van der Waals surface area (Å²) in [7, 11) is 0. The number of furan rings is 1. The number of aromatic nitrogens is 2. The Kier molecular flexibility index (Phi) is 5.97. The van der Waals surface area contributed by atoms with Crippen molar-refractivity contribution in [3.8, 4) is 40.7 Å². The van der Waals surface area contributed by atoms with Gasteiger partial charge in [0.15, 0.2) is 0 Å². The van der Waals surface area contributed by atoms with Gasteiger partial charge in [-0.15, -0.1) is 0 Å². The zero-order valence-electron chi connectivity index (χ0n) is 26.9. The first-order chi connectivity index (χ1) is 25.2. The van der Waals surface area contributed by atoms with Crippen LogP contribution < -0.4 is 0 Å². The summed E-state index contributed by atoms with van der Waals surface area (Å²) >= 11 is 0. The van der Waals surface area contributed by atoms with E-state index in [2.05, 4.69) is 75.9 Å². The van der Waals surface area contributed by atoms with Gasteiger partial charge in [-0.1, -0.05) is 78.9 Å². The van der Waals surface area contributed by atoms with Gasteiger partial charge in [-0.05, 0) is 60.7 Å². The van der Waals surface area contributed by atoms with Crippen LogP contribution in [0.3, 0.4) is 0 Å². The maximum Gasteiger partial charge on any atom is 0.137 e. The number of nitrogens with zero attached hydrogens (tertiary/aromatic N) is 5. The molecule has 0 N–H and O–H groups in total. The SMILES string of the molecule is N#Cc1cc(C#N)c(-n2c3ccccc3c3ccccc32)c(-c2ccc(C#N)cc2-n2c3ccccc3c3ccc4oc5ccccc5c4c32)c1. The lowest BCUT2D eigenvalue weighted by Crippen LogP contribution is -2.05. The van der Waals surface area contributed by atoms with E-state index in [9.17, 15) is 15.8 Å². The molecule has 0 saturated heterocycles. The molecule has 234 valence electrons. The average Bonchev–Trinajstić information content (AvgIpc) is 3.85. The Labute approximate surface area is 291 Å². The van der Waals surface area contributed by atoms with E-state index in [1.54, 1.807) is 12.1 Å². The molecule has 0 amide bonds. The van der Waals surface area contributed by atoms with Gasteiger partial charge < -0.3 is 13.6 Å². The Balaban J connectivity index is 1.41. The molecule has 0 spiro atoms. The van der Waals surface area contributed by atoms with Crippen LogP contribution in [0.4, 0.5) is 0 Å². The molecule has 0 atom stereocenters. The Hall–Kier alpha value is -7.59. The average molecular weight is 650 g/mol. The second-order valence-corrected chi connectivity index (χ2v) is 12.6. The zero-order valence-corrected chi connectivity index (χ0v) is 26.9. The van der Waals surface area contributed by atoms with E-state index in [-0.39, 0.29) is 0 Å². The van der Waals surface area contributed by atoms with E-state index in [1.165, 1.54) is 0 Å². The molecule has 0 radical (unpaired) electrons. The summed E-state index contributed by atoms with van der Waals surface area (Å²) in [5, 5.41) is 37.5. The number of hydrogen-bond donors (Lipinski definition) is 0. The molecule has 0 aliphatic rings. The molecule has 10 rings (SSSR count). The molecule has 0 bridgehead atoms. The van der Waals surface area contributed by atoms with Gasteiger partial charge >= 0.3 is 0 Å². The van der Waals surface area contributed by atoms with E-state index in [0.29, 0.717) is 27.9 Å². The monoisotopic (exact) mass is 649 g/mol. The highest BCUT2D eigenvalue weighted by Gasteiger charge is 2.25. The number of benzene rings is 7. The smallest absolute Gasteiger partial charge is 0.137 e. The van der Waals surface area contributed by atoms with Crippen LogP contribution in [0.5, 0.6) is 0 Å². The maximum absolute atomic E-state index is 10.7. The Bertz CT molecular complexity index is 3190. The molecular weight excluding hydrogens is 627 g/mol. The Morgan fingerprint density at radius 2 is 1.06 bits per heavy atom. The highest BCUT2D eigenvalue weighted by atomic mass is 16.3. The molecule has 7 aromatic carbocycles. The van der Waals surface area contributed by atoms with Gasteiger partial charge in [0.25, 0.3) is 0 Å². The fraction of sp³-hybridized carbons (Fsp3) is 0. The van der Waals surface area contributed by atoms with Gasteiger partial charge in [-0.2, -0.15) is 15.8 Å². The van der Waals surface area contributed by atoms with Crippen LogP contribution in [-0.2, 0) is 0 Å². The normalized spacial score (nSPS) is 11.5. The predicted molar refractivity (Wildman–Crippen MR) is 202 cm³/mol. The third-order valence-corrected chi connectivity index (χ3v) is 10.00. The first kappa shape index (κ1) is 28.4. The van der Waals surface area contributed by atoms with Crippen LogP contribution in [0.25, 0.3) is 88.1 Å².